The maximum absolute atomic E-state index is 13.3. The minimum Gasteiger partial charge on any atom is -0.325 e. The minimum absolute atomic E-state index is 0.0652. The monoisotopic (exact) mass is 480 g/mol. The minimum atomic E-state index is -0.234. The molecule has 4 aromatic rings. The molecule has 9 heteroatoms. The highest BCUT2D eigenvalue weighted by atomic mass is 32.2. The van der Waals surface area contributed by atoms with E-state index in [2.05, 4.69) is 24.1 Å². The smallest absolute Gasteiger partial charge is 0.272 e. The van der Waals surface area contributed by atoms with Crippen molar-refractivity contribution >= 4 is 60.9 Å². The summed E-state index contributed by atoms with van der Waals surface area (Å²) in [6.07, 6.45) is 2.53. The third kappa shape index (κ3) is 5.15. The second-order valence-electron chi connectivity index (χ2n) is 8.14. The Labute approximate surface area is 199 Å². The molecule has 0 aliphatic carbocycles. The van der Waals surface area contributed by atoms with E-state index in [-0.39, 0.29) is 23.0 Å². The lowest BCUT2D eigenvalue weighted by Crippen LogP contribution is -2.24. The van der Waals surface area contributed by atoms with Crippen LogP contribution in [-0.2, 0) is 11.3 Å². The quantitative estimate of drug-likeness (QED) is 0.217. The number of ketones is 1. The Balaban J connectivity index is 1.62. The maximum Gasteiger partial charge on any atom is 0.272 e. The van der Waals surface area contributed by atoms with Gasteiger partial charge >= 0.3 is 0 Å². The number of thioether (sulfide) groups is 1. The number of anilines is 1. The Kier molecular flexibility index (Phi) is 6.90. The normalized spacial score (nSPS) is 11.4. The number of carbonyl (C=O) groups is 2. The first kappa shape index (κ1) is 23.1. The molecule has 3 heterocycles. The number of nitrogens with zero attached hydrogens (tertiary/aromatic N) is 3. The second kappa shape index (κ2) is 9.84. The van der Waals surface area contributed by atoms with E-state index in [4.69, 9.17) is 4.98 Å². The SMILES string of the molecule is CC(=O)c1cccc(NC(=O)CSc2nc3c(sc4ncccc43)c(=O)n2CCC(C)C)c1. The Bertz CT molecular complexity index is 1410. The van der Waals surface area contributed by atoms with Crippen LogP contribution in [0.2, 0.25) is 0 Å². The van der Waals surface area contributed by atoms with Crippen LogP contribution in [0.5, 0.6) is 0 Å². The summed E-state index contributed by atoms with van der Waals surface area (Å²) in [4.78, 5) is 47.5. The molecule has 170 valence electrons. The zero-order valence-corrected chi connectivity index (χ0v) is 20.3. The summed E-state index contributed by atoms with van der Waals surface area (Å²) < 4.78 is 2.26. The highest BCUT2D eigenvalue weighted by molar-refractivity contribution is 7.99. The van der Waals surface area contributed by atoms with E-state index in [0.717, 1.165) is 16.6 Å². The van der Waals surface area contributed by atoms with Crippen molar-refractivity contribution in [2.75, 3.05) is 11.1 Å². The molecular formula is C24H24N4O3S2. The molecule has 0 fully saturated rings. The van der Waals surface area contributed by atoms with E-state index in [1.807, 2.05) is 12.1 Å². The summed E-state index contributed by atoms with van der Waals surface area (Å²) in [6.45, 7) is 6.23. The van der Waals surface area contributed by atoms with Gasteiger partial charge in [0.2, 0.25) is 5.91 Å². The van der Waals surface area contributed by atoms with Gasteiger partial charge in [-0.1, -0.05) is 37.7 Å². The first-order valence-electron chi connectivity index (χ1n) is 10.6. The number of fused-ring (bicyclic) bond motifs is 3. The predicted molar refractivity (Wildman–Crippen MR) is 134 cm³/mol. The zero-order valence-electron chi connectivity index (χ0n) is 18.6. The van der Waals surface area contributed by atoms with Crippen molar-refractivity contribution in [1.29, 1.82) is 0 Å². The molecule has 0 unspecified atom stereocenters. The van der Waals surface area contributed by atoms with Gasteiger partial charge in [-0.25, -0.2) is 9.97 Å². The number of hydrogen-bond acceptors (Lipinski definition) is 7. The summed E-state index contributed by atoms with van der Waals surface area (Å²) in [7, 11) is 0. The third-order valence-corrected chi connectivity index (χ3v) is 7.20. The molecule has 0 aliphatic heterocycles. The molecule has 1 N–H and O–H groups in total. The molecule has 0 atom stereocenters. The van der Waals surface area contributed by atoms with Gasteiger partial charge in [0.25, 0.3) is 5.56 Å². The molecular weight excluding hydrogens is 456 g/mol. The number of carbonyl (C=O) groups excluding carboxylic acids is 2. The second-order valence-corrected chi connectivity index (χ2v) is 10.1. The summed E-state index contributed by atoms with van der Waals surface area (Å²) >= 11 is 2.59. The molecule has 3 aromatic heterocycles. The Hall–Kier alpha value is -3.04. The topological polar surface area (TPSA) is 94.0 Å². The van der Waals surface area contributed by atoms with Crippen LogP contribution in [0.15, 0.2) is 52.5 Å². The van der Waals surface area contributed by atoms with E-state index in [1.54, 1.807) is 35.0 Å². The van der Waals surface area contributed by atoms with E-state index >= 15 is 0 Å². The molecule has 0 radical (unpaired) electrons. The standard InChI is InChI=1S/C24H24N4O3S2/c1-14(2)9-11-28-23(31)21-20(18-8-5-10-25-22(18)33-21)27-24(28)32-13-19(30)26-17-7-4-6-16(12-17)15(3)29/h4-8,10,12,14H,9,11,13H2,1-3H3,(H,26,30). The first-order valence-corrected chi connectivity index (χ1v) is 12.5. The summed E-state index contributed by atoms with van der Waals surface area (Å²) in [5, 5.41) is 4.18. The molecule has 0 saturated heterocycles. The van der Waals surface area contributed by atoms with Crippen molar-refractivity contribution in [3.8, 4) is 0 Å². The first-order chi connectivity index (χ1) is 15.8. The number of pyridine rings is 1. The van der Waals surface area contributed by atoms with Crippen LogP contribution in [0, 0.1) is 5.92 Å². The highest BCUT2D eigenvalue weighted by Crippen LogP contribution is 2.30. The number of Topliss-reactive ketones (excluding diaryl/α,β-unsaturated/α-hetero) is 1. The number of rotatable bonds is 8. The molecule has 0 aliphatic rings. The van der Waals surface area contributed by atoms with Crippen molar-refractivity contribution in [3.05, 3.63) is 58.5 Å². The Morgan fingerprint density at radius 3 is 2.79 bits per heavy atom. The summed E-state index contributed by atoms with van der Waals surface area (Å²) in [5.74, 6) is 0.211. The predicted octanol–water partition coefficient (Wildman–Crippen LogP) is 4.99. The molecule has 33 heavy (non-hydrogen) atoms. The van der Waals surface area contributed by atoms with Crippen molar-refractivity contribution in [2.24, 2.45) is 5.92 Å². The van der Waals surface area contributed by atoms with Crippen LogP contribution in [0.1, 0.15) is 37.6 Å². The van der Waals surface area contributed by atoms with Crippen molar-refractivity contribution < 1.29 is 9.59 Å². The van der Waals surface area contributed by atoms with Gasteiger partial charge in [0, 0.05) is 29.4 Å². The summed E-state index contributed by atoms with van der Waals surface area (Å²) in [5.41, 5.74) is 1.63. The van der Waals surface area contributed by atoms with Crippen LogP contribution in [0.25, 0.3) is 20.4 Å². The maximum atomic E-state index is 13.3. The Morgan fingerprint density at radius 1 is 1.21 bits per heavy atom. The van der Waals surface area contributed by atoms with Gasteiger partial charge in [0.15, 0.2) is 10.9 Å². The molecule has 7 nitrogen and oxygen atoms in total. The largest absolute Gasteiger partial charge is 0.325 e. The van der Waals surface area contributed by atoms with Gasteiger partial charge in [0.05, 0.1) is 11.3 Å². The van der Waals surface area contributed by atoms with Gasteiger partial charge in [0.1, 0.15) is 9.53 Å². The fraction of sp³-hybridized carbons (Fsp3) is 0.292. The molecule has 0 saturated carbocycles. The Morgan fingerprint density at radius 2 is 2.03 bits per heavy atom. The van der Waals surface area contributed by atoms with Gasteiger partial charge < -0.3 is 5.32 Å². The average molecular weight is 481 g/mol. The lowest BCUT2D eigenvalue weighted by atomic mass is 10.1. The fourth-order valence-corrected chi connectivity index (χ4v) is 5.23. The summed E-state index contributed by atoms with van der Waals surface area (Å²) in [6, 6.07) is 10.6. The van der Waals surface area contributed by atoms with Crippen molar-refractivity contribution in [2.45, 2.75) is 38.9 Å². The zero-order chi connectivity index (χ0) is 23.5. The van der Waals surface area contributed by atoms with Gasteiger partial charge in [-0.05, 0) is 43.5 Å². The lowest BCUT2D eigenvalue weighted by molar-refractivity contribution is -0.113. The van der Waals surface area contributed by atoms with E-state index in [1.165, 1.54) is 30.0 Å². The number of hydrogen-bond donors (Lipinski definition) is 1. The van der Waals surface area contributed by atoms with E-state index in [9.17, 15) is 14.4 Å². The van der Waals surface area contributed by atoms with Gasteiger partial charge in [-0.2, -0.15) is 0 Å². The van der Waals surface area contributed by atoms with Gasteiger partial charge in [-0.15, -0.1) is 11.3 Å². The van der Waals surface area contributed by atoms with Crippen molar-refractivity contribution in [3.63, 3.8) is 0 Å². The number of thiophene rings is 1. The molecule has 0 bridgehead atoms. The number of aromatic nitrogens is 3. The van der Waals surface area contributed by atoms with Crippen LogP contribution < -0.4 is 10.9 Å². The van der Waals surface area contributed by atoms with Gasteiger partial charge in [-0.3, -0.25) is 19.0 Å². The third-order valence-electron chi connectivity index (χ3n) is 5.13. The molecule has 1 aromatic carbocycles. The van der Waals surface area contributed by atoms with Crippen LogP contribution in [0.4, 0.5) is 5.69 Å². The van der Waals surface area contributed by atoms with Crippen molar-refractivity contribution in [1.82, 2.24) is 14.5 Å². The van der Waals surface area contributed by atoms with E-state index in [0.29, 0.717) is 39.1 Å². The van der Waals surface area contributed by atoms with Crippen LogP contribution in [-0.4, -0.2) is 32.0 Å². The van der Waals surface area contributed by atoms with Crippen LogP contribution in [0.3, 0.4) is 0 Å². The number of benzene rings is 1. The highest BCUT2D eigenvalue weighted by Gasteiger charge is 2.18. The lowest BCUT2D eigenvalue weighted by Gasteiger charge is -2.13. The number of amides is 1. The fourth-order valence-electron chi connectivity index (χ4n) is 3.38. The van der Waals surface area contributed by atoms with E-state index < -0.39 is 0 Å². The molecule has 4 rings (SSSR count). The average Bonchev–Trinajstić information content (AvgIpc) is 3.16. The molecule has 0 spiro atoms. The molecule has 1 amide bonds. The van der Waals surface area contributed by atoms with Crippen LogP contribution >= 0.6 is 23.1 Å². The number of nitrogens with one attached hydrogen (secondary N) is 1.